The maximum atomic E-state index is 13.7. The molecule has 0 radical (unpaired) electrons. The molecule has 9 nitrogen and oxygen atoms in total. The number of fused-ring (bicyclic) bond motifs is 1. The molecule has 1 N–H and O–H groups in total. The smallest absolute Gasteiger partial charge is 0.269 e. The largest absolute Gasteiger partial charge is 0.493 e. The van der Waals surface area contributed by atoms with Gasteiger partial charge in [0.15, 0.2) is 16.7 Å². The summed E-state index contributed by atoms with van der Waals surface area (Å²) >= 11 is 4.79. The van der Waals surface area contributed by atoms with Crippen molar-refractivity contribution in [1.82, 2.24) is 9.88 Å². The first kappa shape index (κ1) is 28.2. The number of rotatable bonds is 10. The molecule has 1 aliphatic rings. The number of halogens is 1. The Morgan fingerprint density at radius 1 is 1.20 bits per heavy atom. The molecule has 41 heavy (non-hydrogen) atoms. The summed E-state index contributed by atoms with van der Waals surface area (Å²) in [6.07, 6.45) is 6.00. The van der Waals surface area contributed by atoms with Gasteiger partial charge in [-0.1, -0.05) is 30.9 Å². The van der Waals surface area contributed by atoms with Gasteiger partial charge < -0.3 is 14.5 Å². The van der Waals surface area contributed by atoms with E-state index in [9.17, 15) is 14.9 Å². The molecule has 0 bridgehead atoms. The molecule has 1 fully saturated rings. The number of nitrogens with zero attached hydrogens (tertiary/aromatic N) is 3. The number of H-pyrrole nitrogens is 1. The van der Waals surface area contributed by atoms with E-state index in [2.05, 4.69) is 27.5 Å². The van der Waals surface area contributed by atoms with Crippen LogP contribution in [0.1, 0.15) is 11.1 Å². The third-order valence-electron chi connectivity index (χ3n) is 6.35. The number of amidine groups is 1. The van der Waals surface area contributed by atoms with Gasteiger partial charge in [0.2, 0.25) is 0 Å². The summed E-state index contributed by atoms with van der Waals surface area (Å²) in [5.74, 6) is 0.873. The predicted octanol–water partition coefficient (Wildman–Crippen LogP) is 7.26. The van der Waals surface area contributed by atoms with Crippen LogP contribution in [0.4, 0.5) is 11.4 Å². The van der Waals surface area contributed by atoms with Crippen LogP contribution < -0.4 is 9.47 Å². The van der Waals surface area contributed by atoms with E-state index in [-0.39, 0.29) is 11.6 Å². The molecular weight excluding hydrogens is 608 g/mol. The van der Waals surface area contributed by atoms with Crippen LogP contribution in [0.5, 0.6) is 11.5 Å². The predicted molar refractivity (Wildman–Crippen MR) is 166 cm³/mol. The normalized spacial score (nSPS) is 15.2. The maximum Gasteiger partial charge on any atom is 0.269 e. The first-order valence-corrected chi connectivity index (χ1v) is 14.2. The van der Waals surface area contributed by atoms with E-state index in [0.717, 1.165) is 22.0 Å². The van der Waals surface area contributed by atoms with Gasteiger partial charge in [-0.25, -0.2) is 4.99 Å². The van der Waals surface area contributed by atoms with Crippen molar-refractivity contribution in [2.24, 2.45) is 4.99 Å². The monoisotopic (exact) mass is 632 g/mol. The van der Waals surface area contributed by atoms with E-state index >= 15 is 0 Å². The van der Waals surface area contributed by atoms with Gasteiger partial charge in [0, 0.05) is 35.8 Å². The Labute approximate surface area is 248 Å². The molecule has 4 aromatic rings. The van der Waals surface area contributed by atoms with Crippen molar-refractivity contribution >= 4 is 67.1 Å². The molecule has 11 heteroatoms. The van der Waals surface area contributed by atoms with Gasteiger partial charge in [-0.2, -0.15) is 0 Å². The number of amides is 1. The molecule has 1 aromatic heterocycles. The third kappa shape index (κ3) is 6.21. The lowest BCUT2D eigenvalue weighted by Crippen LogP contribution is -2.31. The number of carbonyl (C=O) groups is 1. The maximum absolute atomic E-state index is 13.7. The van der Waals surface area contributed by atoms with Gasteiger partial charge >= 0.3 is 0 Å². The zero-order chi connectivity index (χ0) is 28.9. The van der Waals surface area contributed by atoms with Crippen molar-refractivity contribution in [1.29, 1.82) is 0 Å². The topological polar surface area (TPSA) is 110 Å². The second-order valence-corrected chi connectivity index (χ2v) is 10.8. The van der Waals surface area contributed by atoms with E-state index in [1.54, 1.807) is 42.4 Å². The van der Waals surface area contributed by atoms with Crippen LogP contribution in [0, 0.1) is 10.1 Å². The van der Waals surface area contributed by atoms with Crippen molar-refractivity contribution in [2.45, 2.75) is 6.42 Å². The van der Waals surface area contributed by atoms with E-state index in [1.807, 2.05) is 36.5 Å². The average Bonchev–Trinajstić information content (AvgIpc) is 3.51. The number of hydrogen-bond acceptors (Lipinski definition) is 7. The van der Waals surface area contributed by atoms with Crippen molar-refractivity contribution in [3.8, 4) is 11.5 Å². The number of thioether (sulfide) groups is 1. The Hall–Kier alpha value is -4.35. The van der Waals surface area contributed by atoms with Gasteiger partial charge in [-0.3, -0.25) is 19.8 Å². The van der Waals surface area contributed by atoms with E-state index in [4.69, 9.17) is 14.5 Å². The fourth-order valence-electron chi connectivity index (χ4n) is 4.38. The van der Waals surface area contributed by atoms with Crippen molar-refractivity contribution in [3.05, 3.63) is 110 Å². The fourth-order valence-corrected chi connectivity index (χ4v) is 5.97. The molecular formula is C30H25BrN4O5S. The van der Waals surface area contributed by atoms with Gasteiger partial charge in [0.05, 0.1) is 27.1 Å². The highest BCUT2D eigenvalue weighted by Gasteiger charge is 2.33. The van der Waals surface area contributed by atoms with E-state index < -0.39 is 4.92 Å². The standard InChI is InChI=1S/C30H25BrN4O5S/c1-3-14-40-28-24(31)15-19(16-26(28)39-2)17-27-29(36)34(13-12-20-18-32-25-7-5-4-6-23(20)25)30(41-27)33-21-8-10-22(11-9-21)35(37)38/h3-11,15-18,32H,1,12-14H2,2H3/b27-17-,33-30?. The van der Waals surface area contributed by atoms with Crippen molar-refractivity contribution < 1.29 is 19.2 Å². The number of nitrogens with one attached hydrogen (secondary N) is 1. The highest BCUT2D eigenvalue weighted by molar-refractivity contribution is 9.10. The van der Waals surface area contributed by atoms with Crippen LogP contribution in [0.25, 0.3) is 17.0 Å². The molecule has 1 amide bonds. The van der Waals surface area contributed by atoms with Crippen LogP contribution in [0.2, 0.25) is 0 Å². The minimum Gasteiger partial charge on any atom is -0.493 e. The van der Waals surface area contributed by atoms with Crippen LogP contribution in [0.3, 0.4) is 0 Å². The molecule has 0 spiro atoms. The first-order valence-electron chi connectivity index (χ1n) is 12.6. The Bertz CT molecular complexity index is 1700. The van der Waals surface area contributed by atoms with Crippen LogP contribution >= 0.6 is 27.7 Å². The second-order valence-electron chi connectivity index (χ2n) is 8.98. The number of aliphatic imine (C=N–C) groups is 1. The zero-order valence-corrected chi connectivity index (χ0v) is 24.4. The molecule has 0 unspecified atom stereocenters. The SMILES string of the molecule is C=CCOc1c(Br)cc(/C=C2\SC(=Nc3ccc([N+](=O)[O-])cc3)N(CCc3c[nH]c4ccccc34)C2=O)cc1OC. The number of nitro benzene ring substituents is 1. The molecule has 208 valence electrons. The van der Waals surface area contributed by atoms with Crippen LogP contribution in [-0.4, -0.2) is 46.1 Å². The minimum absolute atomic E-state index is 0.0269. The van der Waals surface area contributed by atoms with Gasteiger partial charge in [0.1, 0.15) is 6.61 Å². The Morgan fingerprint density at radius 2 is 1.98 bits per heavy atom. The number of para-hydroxylation sites is 1. The Kier molecular flexibility index (Phi) is 8.55. The summed E-state index contributed by atoms with van der Waals surface area (Å²) < 4.78 is 11.9. The van der Waals surface area contributed by atoms with Gasteiger partial charge in [0.25, 0.3) is 11.6 Å². The number of benzene rings is 3. The van der Waals surface area contributed by atoms with E-state index in [1.165, 1.54) is 23.9 Å². The zero-order valence-electron chi connectivity index (χ0n) is 22.0. The highest BCUT2D eigenvalue weighted by atomic mass is 79.9. The lowest BCUT2D eigenvalue weighted by atomic mass is 10.1. The number of non-ortho nitro benzene ring substituents is 1. The summed E-state index contributed by atoms with van der Waals surface area (Å²) in [4.78, 5) is 34.4. The summed E-state index contributed by atoms with van der Waals surface area (Å²) in [5.41, 5.74) is 3.35. The third-order valence-corrected chi connectivity index (χ3v) is 7.94. The minimum atomic E-state index is -0.459. The molecule has 0 aliphatic carbocycles. The number of methoxy groups -OCH3 is 1. The Balaban J connectivity index is 1.47. The summed E-state index contributed by atoms with van der Waals surface area (Å²) in [7, 11) is 1.55. The molecule has 1 saturated heterocycles. The van der Waals surface area contributed by atoms with Crippen LogP contribution in [-0.2, 0) is 11.2 Å². The number of aromatic amines is 1. The van der Waals surface area contributed by atoms with Gasteiger partial charge in [-0.05, 0) is 81.6 Å². The number of nitro groups is 1. The first-order chi connectivity index (χ1) is 19.9. The summed E-state index contributed by atoms with van der Waals surface area (Å²) in [6.45, 7) is 4.40. The van der Waals surface area contributed by atoms with Crippen molar-refractivity contribution in [2.75, 3.05) is 20.3 Å². The fraction of sp³-hybridized carbons (Fsp3) is 0.133. The quantitative estimate of drug-likeness (QED) is 0.0852. The van der Waals surface area contributed by atoms with Crippen LogP contribution in [0.15, 0.2) is 93.9 Å². The molecule has 1 aliphatic heterocycles. The molecule has 3 aromatic carbocycles. The molecule has 0 saturated carbocycles. The lowest BCUT2D eigenvalue weighted by molar-refractivity contribution is -0.384. The average molecular weight is 634 g/mol. The number of hydrogen-bond donors (Lipinski definition) is 1. The number of aromatic nitrogens is 1. The molecule has 5 rings (SSSR count). The molecule has 2 heterocycles. The Morgan fingerprint density at radius 3 is 2.71 bits per heavy atom. The highest BCUT2D eigenvalue weighted by Crippen LogP contribution is 2.40. The summed E-state index contributed by atoms with van der Waals surface area (Å²) in [6, 6.07) is 17.6. The number of ether oxygens (including phenoxy) is 2. The molecule has 0 atom stereocenters. The van der Waals surface area contributed by atoms with Crippen molar-refractivity contribution in [3.63, 3.8) is 0 Å². The lowest BCUT2D eigenvalue weighted by Gasteiger charge is -2.15. The summed E-state index contributed by atoms with van der Waals surface area (Å²) in [5, 5.41) is 12.7. The van der Waals surface area contributed by atoms with Gasteiger partial charge in [-0.15, -0.1) is 0 Å². The van der Waals surface area contributed by atoms with E-state index in [0.29, 0.717) is 51.3 Å². The number of carbonyl (C=O) groups excluding carboxylic acids is 1. The second kappa shape index (κ2) is 12.4.